The number of hydrogen-bond donors (Lipinski definition) is 6. The topological polar surface area (TPSA) is 162 Å². The number of carbonyl (C=O) groups excluding carboxylic acids is 2. The summed E-state index contributed by atoms with van der Waals surface area (Å²) in [5, 5.41) is 33.1. The quantitative estimate of drug-likeness (QED) is 0.281. The molecule has 0 unspecified atom stereocenters. The maximum Gasteiger partial charge on any atom is 0.326 e. The van der Waals surface area contributed by atoms with Crippen LogP contribution in [0.1, 0.15) is 18.9 Å². The molecule has 4 atom stereocenters. The number of nitrogens with two attached hydrogens (primary N) is 1. The number of nitrogens with one attached hydrogen (secondary N) is 2. The van der Waals surface area contributed by atoms with Gasteiger partial charge in [0.1, 0.15) is 23.9 Å². The molecule has 0 heterocycles. The lowest BCUT2D eigenvalue weighted by Gasteiger charge is -2.23. The molecule has 0 aliphatic heterocycles. The number of thioether (sulfide) groups is 1. The maximum absolute atomic E-state index is 12.7. The zero-order valence-corrected chi connectivity index (χ0v) is 16.6. The molecule has 10 heteroatoms. The van der Waals surface area contributed by atoms with Gasteiger partial charge in [-0.2, -0.15) is 11.8 Å². The molecule has 1 aromatic rings. The lowest BCUT2D eigenvalue weighted by atomic mass is 10.0. The highest BCUT2D eigenvalue weighted by Crippen LogP contribution is 2.12. The summed E-state index contributed by atoms with van der Waals surface area (Å²) in [7, 11) is 0. The van der Waals surface area contributed by atoms with Gasteiger partial charge in [0.05, 0.1) is 6.10 Å². The Balaban J connectivity index is 2.96. The maximum atomic E-state index is 12.7. The lowest BCUT2D eigenvalue weighted by molar-refractivity contribution is -0.142. The van der Waals surface area contributed by atoms with E-state index in [4.69, 9.17) is 5.73 Å². The largest absolute Gasteiger partial charge is 0.508 e. The second-order valence-electron chi connectivity index (χ2n) is 6.38. The van der Waals surface area contributed by atoms with Gasteiger partial charge in [-0.25, -0.2) is 4.79 Å². The van der Waals surface area contributed by atoms with Crippen LogP contribution in [0.4, 0.5) is 0 Å². The number of hydrogen-bond acceptors (Lipinski definition) is 7. The average Bonchev–Trinajstić information content (AvgIpc) is 2.64. The predicted molar refractivity (Wildman–Crippen MR) is 106 cm³/mol. The number of benzene rings is 1. The van der Waals surface area contributed by atoms with Crippen molar-refractivity contribution in [1.82, 2.24) is 10.6 Å². The molecule has 0 saturated carbocycles. The summed E-state index contributed by atoms with van der Waals surface area (Å²) in [6.07, 6.45) is 0.992. The van der Waals surface area contributed by atoms with Gasteiger partial charge in [0, 0.05) is 6.42 Å². The summed E-state index contributed by atoms with van der Waals surface area (Å²) in [6.45, 7) is 1.35. The Morgan fingerprint density at radius 3 is 2.18 bits per heavy atom. The molecule has 1 rings (SSSR count). The van der Waals surface area contributed by atoms with Crippen molar-refractivity contribution in [2.45, 2.75) is 44.0 Å². The Hall–Kier alpha value is -2.30. The molecule has 0 aliphatic carbocycles. The number of aliphatic carboxylic acids is 1. The van der Waals surface area contributed by atoms with Gasteiger partial charge in [-0.3, -0.25) is 9.59 Å². The number of phenolic OH excluding ortho intramolecular Hbond substituents is 1. The Morgan fingerprint density at radius 2 is 1.68 bits per heavy atom. The van der Waals surface area contributed by atoms with Crippen LogP contribution in [0.2, 0.25) is 0 Å². The van der Waals surface area contributed by atoms with Crippen LogP contribution < -0.4 is 16.4 Å². The fourth-order valence-electron chi connectivity index (χ4n) is 2.33. The highest BCUT2D eigenvalue weighted by molar-refractivity contribution is 7.98. The van der Waals surface area contributed by atoms with Crippen LogP contribution in [0, 0.1) is 0 Å². The van der Waals surface area contributed by atoms with Gasteiger partial charge in [0.15, 0.2) is 0 Å². The van der Waals surface area contributed by atoms with E-state index in [-0.39, 0.29) is 18.6 Å². The van der Waals surface area contributed by atoms with Crippen LogP contribution >= 0.6 is 11.8 Å². The molecule has 0 saturated heterocycles. The standard InChI is InChI=1S/C18H27N3O6S/c1-10(22)15(19)17(25)21-14(9-11-3-5-12(23)6-4-11)16(24)20-13(18(26)27)7-8-28-2/h3-6,10,13-15,22-23H,7-9,19H2,1-2H3,(H,20,24)(H,21,25)(H,26,27)/t10-,13+,14+,15+/m1/s1. The third-order valence-corrected chi connectivity index (χ3v) is 4.70. The van der Waals surface area contributed by atoms with Crippen molar-refractivity contribution in [1.29, 1.82) is 0 Å². The molecular weight excluding hydrogens is 386 g/mol. The Labute approximate surface area is 167 Å². The fraction of sp³-hybridized carbons (Fsp3) is 0.500. The Morgan fingerprint density at radius 1 is 1.11 bits per heavy atom. The molecule has 0 radical (unpaired) electrons. The van der Waals surface area contributed by atoms with Gasteiger partial charge in [0.25, 0.3) is 0 Å². The summed E-state index contributed by atoms with van der Waals surface area (Å²) in [6, 6.07) is 2.61. The highest BCUT2D eigenvalue weighted by atomic mass is 32.2. The number of rotatable bonds is 11. The first kappa shape index (κ1) is 23.7. The van der Waals surface area contributed by atoms with Gasteiger partial charge >= 0.3 is 5.97 Å². The van der Waals surface area contributed by atoms with Crippen molar-refractivity contribution in [3.05, 3.63) is 29.8 Å². The van der Waals surface area contributed by atoms with Crippen LogP contribution in [0.15, 0.2) is 24.3 Å². The summed E-state index contributed by atoms with van der Waals surface area (Å²) < 4.78 is 0. The number of phenols is 1. The number of carbonyl (C=O) groups is 3. The summed E-state index contributed by atoms with van der Waals surface area (Å²) in [5.74, 6) is -1.98. The zero-order valence-electron chi connectivity index (χ0n) is 15.8. The molecule has 0 aromatic heterocycles. The van der Waals surface area contributed by atoms with E-state index in [2.05, 4.69) is 10.6 Å². The van der Waals surface area contributed by atoms with Crippen LogP contribution in [0.3, 0.4) is 0 Å². The van der Waals surface area contributed by atoms with Gasteiger partial charge in [0.2, 0.25) is 11.8 Å². The molecule has 0 fully saturated rings. The third-order valence-electron chi connectivity index (χ3n) is 4.06. The van der Waals surface area contributed by atoms with Crippen LogP contribution in [0.25, 0.3) is 0 Å². The second-order valence-corrected chi connectivity index (χ2v) is 7.36. The molecule has 2 amide bonds. The smallest absolute Gasteiger partial charge is 0.326 e. The number of amides is 2. The minimum absolute atomic E-state index is 0.0490. The number of aliphatic hydroxyl groups is 1. The Bertz CT molecular complexity index is 668. The van der Waals surface area contributed by atoms with Crippen molar-refractivity contribution in [3.63, 3.8) is 0 Å². The average molecular weight is 413 g/mol. The Kier molecular flexibility index (Phi) is 9.77. The van der Waals surface area contributed by atoms with Crippen molar-refractivity contribution in [3.8, 4) is 5.75 Å². The SMILES string of the molecule is CSCC[C@H](NC(=O)[C@H](Cc1ccc(O)cc1)NC(=O)[C@@H](N)[C@@H](C)O)C(=O)O. The van der Waals surface area contributed by atoms with Crippen molar-refractivity contribution >= 4 is 29.5 Å². The summed E-state index contributed by atoms with van der Waals surface area (Å²) >= 11 is 1.45. The van der Waals surface area contributed by atoms with Gasteiger partial charge in [-0.1, -0.05) is 12.1 Å². The number of aromatic hydroxyl groups is 1. The molecule has 0 spiro atoms. The normalized spacial score (nSPS) is 15.1. The van der Waals surface area contributed by atoms with Gasteiger partial charge in [-0.15, -0.1) is 0 Å². The van der Waals surface area contributed by atoms with Gasteiger partial charge in [-0.05, 0) is 43.0 Å². The molecule has 28 heavy (non-hydrogen) atoms. The first-order valence-electron chi connectivity index (χ1n) is 8.69. The number of aliphatic hydroxyl groups excluding tert-OH is 1. The fourth-order valence-corrected chi connectivity index (χ4v) is 2.80. The van der Waals surface area contributed by atoms with E-state index >= 15 is 0 Å². The van der Waals surface area contributed by atoms with Crippen LogP contribution in [-0.2, 0) is 20.8 Å². The van der Waals surface area contributed by atoms with E-state index < -0.39 is 42.0 Å². The minimum atomic E-state index is -1.23. The monoisotopic (exact) mass is 413 g/mol. The first-order chi connectivity index (χ1) is 13.1. The molecule has 9 nitrogen and oxygen atoms in total. The molecule has 0 aliphatic rings. The van der Waals surface area contributed by atoms with E-state index in [1.54, 1.807) is 12.1 Å². The van der Waals surface area contributed by atoms with Crippen LogP contribution in [0.5, 0.6) is 5.75 Å². The number of carboxylic acid groups (broad SMARTS) is 1. The molecule has 0 bridgehead atoms. The van der Waals surface area contributed by atoms with Crippen LogP contribution in [-0.4, -0.2) is 69.3 Å². The minimum Gasteiger partial charge on any atom is -0.508 e. The zero-order chi connectivity index (χ0) is 21.3. The van der Waals surface area contributed by atoms with E-state index in [9.17, 15) is 29.7 Å². The van der Waals surface area contributed by atoms with E-state index in [1.807, 2.05) is 6.26 Å². The summed E-state index contributed by atoms with van der Waals surface area (Å²) in [4.78, 5) is 36.3. The number of carboxylic acids is 1. The molecule has 1 aromatic carbocycles. The van der Waals surface area contributed by atoms with E-state index in [0.717, 1.165) is 0 Å². The third kappa shape index (κ3) is 7.75. The van der Waals surface area contributed by atoms with E-state index in [0.29, 0.717) is 11.3 Å². The molecule has 7 N–H and O–H groups in total. The molecule has 156 valence electrons. The molecular formula is C18H27N3O6S. The van der Waals surface area contributed by atoms with E-state index in [1.165, 1.54) is 30.8 Å². The first-order valence-corrected chi connectivity index (χ1v) is 10.1. The second kappa shape index (κ2) is 11.5. The van der Waals surface area contributed by atoms with Crippen molar-refractivity contribution in [2.75, 3.05) is 12.0 Å². The summed E-state index contributed by atoms with van der Waals surface area (Å²) in [5.41, 5.74) is 6.25. The lowest BCUT2D eigenvalue weighted by Crippen LogP contribution is -2.57. The highest BCUT2D eigenvalue weighted by Gasteiger charge is 2.29. The van der Waals surface area contributed by atoms with Crippen molar-refractivity contribution in [2.24, 2.45) is 5.73 Å². The predicted octanol–water partition coefficient (Wildman–Crippen LogP) is -0.550. The van der Waals surface area contributed by atoms with Crippen molar-refractivity contribution < 1.29 is 29.7 Å². The van der Waals surface area contributed by atoms with Gasteiger partial charge < -0.3 is 31.7 Å².